The van der Waals surface area contributed by atoms with Crippen LogP contribution in [-0.2, 0) is 4.79 Å². The van der Waals surface area contributed by atoms with Gasteiger partial charge in [0.05, 0.1) is 0 Å². The first kappa shape index (κ1) is 20.9. The van der Waals surface area contributed by atoms with Crippen molar-refractivity contribution in [2.45, 2.75) is 6.42 Å². The molecule has 1 N–H and O–H groups in total. The fraction of sp³-hybridized carbons (Fsp3) is 0.179. The van der Waals surface area contributed by atoms with Crippen molar-refractivity contribution in [1.29, 1.82) is 0 Å². The van der Waals surface area contributed by atoms with Gasteiger partial charge in [0.15, 0.2) is 0 Å². The lowest BCUT2D eigenvalue weighted by molar-refractivity contribution is -0.125. The van der Waals surface area contributed by atoms with Crippen molar-refractivity contribution in [3.8, 4) is 0 Å². The quantitative estimate of drug-likeness (QED) is 0.580. The van der Waals surface area contributed by atoms with E-state index in [1.165, 1.54) is 11.1 Å². The SMILES string of the molecule is O=C(Nc1ccc(C=CC(=O)N2CC3C=C(c4ccccc4)CC3C2)cn1)c1ccccc1. The van der Waals surface area contributed by atoms with Gasteiger partial charge in [-0.15, -0.1) is 0 Å². The first-order valence-corrected chi connectivity index (χ1v) is 11.2. The zero-order valence-electron chi connectivity index (χ0n) is 18.2. The first-order valence-electron chi connectivity index (χ1n) is 11.2. The zero-order chi connectivity index (χ0) is 22.6. The summed E-state index contributed by atoms with van der Waals surface area (Å²) < 4.78 is 0. The highest BCUT2D eigenvalue weighted by Gasteiger charge is 2.37. The zero-order valence-corrected chi connectivity index (χ0v) is 18.2. The third kappa shape index (κ3) is 4.77. The molecule has 0 saturated carbocycles. The minimum atomic E-state index is -0.203. The van der Waals surface area contributed by atoms with Crippen molar-refractivity contribution in [2.24, 2.45) is 11.8 Å². The predicted molar refractivity (Wildman–Crippen MR) is 130 cm³/mol. The highest BCUT2D eigenvalue weighted by Crippen LogP contribution is 2.40. The molecule has 2 heterocycles. The van der Waals surface area contributed by atoms with E-state index in [9.17, 15) is 9.59 Å². The van der Waals surface area contributed by atoms with Crippen LogP contribution >= 0.6 is 0 Å². The number of rotatable bonds is 5. The predicted octanol–water partition coefficient (Wildman–Crippen LogP) is 4.91. The van der Waals surface area contributed by atoms with Gasteiger partial charge in [-0.3, -0.25) is 9.59 Å². The van der Waals surface area contributed by atoms with Crippen molar-refractivity contribution in [2.75, 3.05) is 18.4 Å². The molecule has 2 amide bonds. The fourth-order valence-corrected chi connectivity index (χ4v) is 4.59. The normalized spacial score (nSPS) is 19.4. The number of carbonyl (C=O) groups is 2. The Morgan fingerprint density at radius 2 is 1.70 bits per heavy atom. The molecular formula is C28H25N3O2. The maximum atomic E-state index is 12.7. The molecule has 5 heteroatoms. The van der Waals surface area contributed by atoms with Crippen LogP contribution in [0.15, 0.2) is 91.1 Å². The van der Waals surface area contributed by atoms with Gasteiger partial charge < -0.3 is 10.2 Å². The number of nitrogens with zero attached hydrogens (tertiary/aromatic N) is 2. The van der Waals surface area contributed by atoms with Gasteiger partial charge in [-0.05, 0) is 65.3 Å². The summed E-state index contributed by atoms with van der Waals surface area (Å²) >= 11 is 0. The van der Waals surface area contributed by atoms with Gasteiger partial charge in [0, 0.05) is 30.9 Å². The Labute approximate surface area is 193 Å². The Morgan fingerprint density at radius 1 is 0.939 bits per heavy atom. The fourth-order valence-electron chi connectivity index (χ4n) is 4.59. The Kier molecular flexibility index (Phi) is 5.85. The van der Waals surface area contributed by atoms with E-state index < -0.39 is 0 Å². The number of benzene rings is 2. The van der Waals surface area contributed by atoms with Crippen LogP contribution in [-0.4, -0.2) is 34.8 Å². The molecule has 0 radical (unpaired) electrons. The van der Waals surface area contributed by atoms with Crippen LogP contribution < -0.4 is 5.32 Å². The van der Waals surface area contributed by atoms with Crippen molar-refractivity contribution in [3.63, 3.8) is 0 Å². The number of amides is 2. The number of fused-ring (bicyclic) bond motifs is 1. The minimum absolute atomic E-state index is 0.0283. The van der Waals surface area contributed by atoms with Gasteiger partial charge in [-0.2, -0.15) is 0 Å². The van der Waals surface area contributed by atoms with Crippen LogP contribution in [0.4, 0.5) is 5.82 Å². The molecule has 0 spiro atoms. The summed E-state index contributed by atoms with van der Waals surface area (Å²) in [6.45, 7) is 1.57. The molecule has 1 aliphatic heterocycles. The van der Waals surface area contributed by atoms with E-state index in [4.69, 9.17) is 0 Å². The molecule has 164 valence electrons. The number of allylic oxidation sites excluding steroid dienone is 1. The lowest BCUT2D eigenvalue weighted by atomic mass is 9.98. The maximum absolute atomic E-state index is 12.7. The molecule has 1 fully saturated rings. The summed E-state index contributed by atoms with van der Waals surface area (Å²) in [5.41, 5.74) is 4.08. The molecule has 5 nitrogen and oxygen atoms in total. The number of likely N-dealkylation sites (tertiary alicyclic amines) is 1. The molecule has 1 saturated heterocycles. The maximum Gasteiger partial charge on any atom is 0.256 e. The van der Waals surface area contributed by atoms with Crippen LogP contribution in [0, 0.1) is 11.8 Å². The van der Waals surface area contributed by atoms with Gasteiger partial charge in [-0.25, -0.2) is 4.98 Å². The Morgan fingerprint density at radius 3 is 2.39 bits per heavy atom. The Bertz CT molecular complexity index is 1200. The topological polar surface area (TPSA) is 62.3 Å². The molecule has 2 aromatic carbocycles. The van der Waals surface area contributed by atoms with E-state index in [1.54, 1.807) is 36.5 Å². The average Bonchev–Trinajstić information content (AvgIpc) is 3.44. The average molecular weight is 436 g/mol. The van der Waals surface area contributed by atoms with Gasteiger partial charge >= 0.3 is 0 Å². The molecule has 2 aliphatic rings. The number of carbonyl (C=O) groups excluding carboxylic acids is 2. The molecule has 1 aliphatic carbocycles. The lowest BCUT2D eigenvalue weighted by Crippen LogP contribution is -2.27. The van der Waals surface area contributed by atoms with Gasteiger partial charge in [0.2, 0.25) is 5.91 Å². The minimum Gasteiger partial charge on any atom is -0.338 e. The number of nitrogens with one attached hydrogen (secondary N) is 1. The van der Waals surface area contributed by atoms with Gasteiger partial charge in [0.25, 0.3) is 5.91 Å². The van der Waals surface area contributed by atoms with Gasteiger partial charge in [-0.1, -0.05) is 54.6 Å². The van der Waals surface area contributed by atoms with E-state index in [1.807, 2.05) is 35.2 Å². The second-order valence-corrected chi connectivity index (χ2v) is 8.56. The summed E-state index contributed by atoms with van der Waals surface area (Å²) in [7, 11) is 0. The van der Waals surface area contributed by atoms with Crippen LogP contribution in [0.1, 0.15) is 27.9 Å². The highest BCUT2D eigenvalue weighted by atomic mass is 16.2. The number of hydrogen-bond donors (Lipinski definition) is 1. The molecule has 2 atom stereocenters. The van der Waals surface area contributed by atoms with Crippen molar-refractivity contribution < 1.29 is 9.59 Å². The van der Waals surface area contributed by atoms with Crippen molar-refractivity contribution >= 4 is 29.3 Å². The van der Waals surface area contributed by atoms with Crippen LogP contribution in [0.3, 0.4) is 0 Å². The third-order valence-corrected chi connectivity index (χ3v) is 6.33. The summed E-state index contributed by atoms with van der Waals surface area (Å²) in [6.07, 6.45) is 8.42. The standard InChI is InChI=1S/C28H25N3O2/c32-27(31-18-24-15-23(16-25(24)19-31)21-7-3-1-4-8-21)14-12-20-11-13-26(29-17-20)30-28(33)22-9-5-2-6-10-22/h1-15,17,24-25H,16,18-19H2,(H,29,30,33). The lowest BCUT2D eigenvalue weighted by Gasteiger charge is -2.15. The smallest absolute Gasteiger partial charge is 0.256 e. The van der Waals surface area contributed by atoms with Gasteiger partial charge in [0.1, 0.15) is 5.82 Å². The van der Waals surface area contributed by atoms with E-state index in [-0.39, 0.29) is 11.8 Å². The summed E-state index contributed by atoms with van der Waals surface area (Å²) in [5, 5.41) is 2.78. The highest BCUT2D eigenvalue weighted by molar-refractivity contribution is 6.03. The molecule has 1 aromatic heterocycles. The van der Waals surface area contributed by atoms with Crippen LogP contribution in [0.25, 0.3) is 11.6 Å². The number of anilines is 1. The Balaban J connectivity index is 1.16. The second-order valence-electron chi connectivity index (χ2n) is 8.56. The van der Waals surface area contributed by atoms with Crippen molar-refractivity contribution in [3.05, 3.63) is 108 Å². The molecule has 33 heavy (non-hydrogen) atoms. The molecule has 2 unspecified atom stereocenters. The van der Waals surface area contributed by atoms with Crippen LogP contribution in [0.5, 0.6) is 0 Å². The number of aromatic nitrogens is 1. The number of pyridine rings is 1. The number of hydrogen-bond acceptors (Lipinski definition) is 3. The largest absolute Gasteiger partial charge is 0.338 e. The van der Waals surface area contributed by atoms with E-state index in [0.29, 0.717) is 23.2 Å². The molecule has 0 bridgehead atoms. The molecule has 3 aromatic rings. The van der Waals surface area contributed by atoms with Crippen LogP contribution in [0.2, 0.25) is 0 Å². The van der Waals surface area contributed by atoms with E-state index in [0.717, 1.165) is 25.1 Å². The third-order valence-electron chi connectivity index (χ3n) is 6.33. The monoisotopic (exact) mass is 435 g/mol. The summed E-state index contributed by atoms with van der Waals surface area (Å²) in [6, 6.07) is 23.1. The van der Waals surface area contributed by atoms with E-state index >= 15 is 0 Å². The van der Waals surface area contributed by atoms with E-state index in [2.05, 4.69) is 40.6 Å². The Hall–Kier alpha value is -3.99. The summed E-state index contributed by atoms with van der Waals surface area (Å²) in [5.74, 6) is 1.24. The second kappa shape index (κ2) is 9.25. The molecular weight excluding hydrogens is 410 g/mol. The summed E-state index contributed by atoms with van der Waals surface area (Å²) in [4.78, 5) is 31.2. The van der Waals surface area contributed by atoms with Crippen molar-refractivity contribution in [1.82, 2.24) is 9.88 Å². The first-order chi connectivity index (χ1) is 16.2. The molecule has 5 rings (SSSR count).